The molecule has 1 N–H and O–H groups in total. The molecule has 0 aliphatic carbocycles. The van der Waals surface area contributed by atoms with E-state index < -0.39 is 0 Å². The van der Waals surface area contributed by atoms with Crippen LogP contribution in [-0.2, 0) is 17.9 Å². The normalized spacial score (nSPS) is 10.5. The molecule has 6 nitrogen and oxygen atoms in total. The minimum atomic E-state index is -0.334. The monoisotopic (exact) mass is 410 g/mol. The number of carbonyl (C=O) groups is 1. The van der Waals surface area contributed by atoms with E-state index in [0.717, 1.165) is 16.8 Å². The summed E-state index contributed by atoms with van der Waals surface area (Å²) in [6.45, 7) is 0.306. The Morgan fingerprint density at radius 3 is 2.10 bits per heavy atom. The fourth-order valence-electron chi connectivity index (χ4n) is 3.22. The van der Waals surface area contributed by atoms with Gasteiger partial charge in [0.15, 0.2) is 0 Å². The highest BCUT2D eigenvalue weighted by atomic mass is 16.2. The van der Waals surface area contributed by atoms with Crippen molar-refractivity contribution in [1.29, 1.82) is 0 Å². The average molecular weight is 410 g/mol. The highest BCUT2D eigenvalue weighted by Gasteiger charge is 2.13. The predicted molar refractivity (Wildman–Crippen MR) is 121 cm³/mol. The number of para-hydroxylation sites is 1. The molecule has 0 saturated carbocycles. The van der Waals surface area contributed by atoms with Gasteiger partial charge in [-0.15, -0.1) is 0 Å². The van der Waals surface area contributed by atoms with Crippen molar-refractivity contribution in [2.75, 3.05) is 5.01 Å². The Balaban J connectivity index is 1.53. The molecule has 0 unspecified atom stereocenters. The van der Waals surface area contributed by atoms with Crippen LogP contribution in [0.5, 0.6) is 0 Å². The van der Waals surface area contributed by atoms with E-state index in [1.165, 1.54) is 10.7 Å². The van der Waals surface area contributed by atoms with Gasteiger partial charge in [0.1, 0.15) is 6.54 Å². The Bertz CT molecular complexity index is 1190. The number of hydrazine groups is 1. The van der Waals surface area contributed by atoms with E-state index in [2.05, 4.69) is 10.5 Å². The first-order valence-corrected chi connectivity index (χ1v) is 9.98. The van der Waals surface area contributed by atoms with E-state index in [-0.39, 0.29) is 18.0 Å². The topological polar surface area (TPSA) is 67.2 Å². The number of aromatic nitrogens is 2. The fourth-order valence-corrected chi connectivity index (χ4v) is 3.22. The van der Waals surface area contributed by atoms with Crippen LogP contribution in [0.2, 0.25) is 0 Å². The summed E-state index contributed by atoms with van der Waals surface area (Å²) in [4.78, 5) is 25.1. The van der Waals surface area contributed by atoms with Crippen molar-refractivity contribution < 1.29 is 4.79 Å². The van der Waals surface area contributed by atoms with E-state index >= 15 is 0 Å². The number of benzene rings is 3. The summed E-state index contributed by atoms with van der Waals surface area (Å²) in [5, 5.41) is 6.14. The van der Waals surface area contributed by atoms with E-state index in [4.69, 9.17) is 0 Å². The molecule has 1 amide bonds. The lowest BCUT2D eigenvalue weighted by Gasteiger charge is -2.25. The first-order valence-electron chi connectivity index (χ1n) is 9.98. The maximum absolute atomic E-state index is 12.8. The molecule has 0 bridgehead atoms. The summed E-state index contributed by atoms with van der Waals surface area (Å²) in [7, 11) is 0. The molecule has 0 radical (unpaired) electrons. The average Bonchev–Trinajstić information content (AvgIpc) is 2.82. The Kier molecular flexibility index (Phi) is 6.18. The van der Waals surface area contributed by atoms with Gasteiger partial charge in [-0.25, -0.2) is 4.68 Å². The molecule has 0 aliphatic rings. The number of amides is 1. The molecule has 4 rings (SSSR count). The van der Waals surface area contributed by atoms with Crippen molar-refractivity contribution in [2.24, 2.45) is 0 Å². The first-order chi connectivity index (χ1) is 15.2. The maximum atomic E-state index is 12.8. The lowest BCUT2D eigenvalue weighted by molar-refractivity contribution is -0.122. The molecule has 0 saturated heterocycles. The van der Waals surface area contributed by atoms with Gasteiger partial charge in [-0.3, -0.25) is 20.0 Å². The molecule has 0 atom stereocenters. The smallest absolute Gasteiger partial charge is 0.267 e. The molecule has 6 heteroatoms. The minimum absolute atomic E-state index is 0.183. The Morgan fingerprint density at radius 2 is 1.42 bits per heavy atom. The van der Waals surface area contributed by atoms with Crippen LogP contribution >= 0.6 is 0 Å². The second-order valence-electron chi connectivity index (χ2n) is 7.02. The van der Waals surface area contributed by atoms with Gasteiger partial charge in [0.05, 0.1) is 17.9 Å². The van der Waals surface area contributed by atoms with Crippen molar-refractivity contribution in [3.8, 4) is 11.3 Å². The third kappa shape index (κ3) is 5.25. The number of hydrogen-bond acceptors (Lipinski definition) is 4. The summed E-state index contributed by atoms with van der Waals surface area (Å²) >= 11 is 0. The van der Waals surface area contributed by atoms with E-state index in [1.54, 1.807) is 11.1 Å². The van der Waals surface area contributed by atoms with Crippen molar-refractivity contribution in [3.05, 3.63) is 119 Å². The minimum Gasteiger partial charge on any atom is -0.281 e. The number of hydrogen-bond donors (Lipinski definition) is 1. The molecule has 4 aromatic rings. The van der Waals surface area contributed by atoms with Crippen LogP contribution in [0.1, 0.15) is 5.56 Å². The molecule has 1 heterocycles. The van der Waals surface area contributed by atoms with Crippen molar-refractivity contribution >= 4 is 11.6 Å². The highest BCUT2D eigenvalue weighted by molar-refractivity contribution is 5.77. The third-order valence-corrected chi connectivity index (χ3v) is 4.74. The molecule has 3 aromatic carbocycles. The zero-order chi connectivity index (χ0) is 21.5. The summed E-state index contributed by atoms with van der Waals surface area (Å²) in [6, 6.07) is 32.1. The second kappa shape index (κ2) is 9.54. The lowest BCUT2D eigenvalue weighted by Crippen LogP contribution is -2.44. The molecule has 0 spiro atoms. The van der Waals surface area contributed by atoms with Crippen molar-refractivity contribution in [3.63, 3.8) is 0 Å². The van der Waals surface area contributed by atoms with E-state index in [0.29, 0.717) is 12.2 Å². The Labute approximate surface area is 180 Å². The third-order valence-electron chi connectivity index (χ3n) is 4.74. The van der Waals surface area contributed by atoms with Gasteiger partial charge < -0.3 is 0 Å². The van der Waals surface area contributed by atoms with E-state index in [1.807, 2.05) is 91.0 Å². The van der Waals surface area contributed by atoms with Gasteiger partial charge in [-0.1, -0.05) is 78.9 Å². The quantitative estimate of drug-likeness (QED) is 0.472. The van der Waals surface area contributed by atoms with Crippen molar-refractivity contribution in [2.45, 2.75) is 13.1 Å². The van der Waals surface area contributed by atoms with Crippen LogP contribution in [0.3, 0.4) is 0 Å². The summed E-state index contributed by atoms with van der Waals surface area (Å²) in [5.41, 5.74) is 5.99. The molecular weight excluding hydrogens is 388 g/mol. The number of carbonyl (C=O) groups excluding carboxylic acids is 1. The number of nitrogens with zero attached hydrogens (tertiary/aromatic N) is 3. The van der Waals surface area contributed by atoms with Crippen LogP contribution in [0.4, 0.5) is 5.69 Å². The molecule has 31 heavy (non-hydrogen) atoms. The maximum Gasteiger partial charge on any atom is 0.267 e. The fraction of sp³-hybridized carbons (Fsp3) is 0.0800. The summed E-state index contributed by atoms with van der Waals surface area (Å²) in [6.07, 6.45) is 0. The number of nitrogens with one attached hydrogen (secondary N) is 1. The Morgan fingerprint density at radius 1 is 0.806 bits per heavy atom. The second-order valence-corrected chi connectivity index (χ2v) is 7.02. The highest BCUT2D eigenvalue weighted by Crippen LogP contribution is 2.15. The molecule has 0 fully saturated rings. The first kappa shape index (κ1) is 20.1. The Hall–Kier alpha value is -4.19. The predicted octanol–water partition coefficient (Wildman–Crippen LogP) is 3.65. The van der Waals surface area contributed by atoms with E-state index in [9.17, 15) is 9.59 Å². The van der Waals surface area contributed by atoms with Crippen LogP contribution in [0, 0.1) is 0 Å². The molecular formula is C25H22N4O2. The van der Waals surface area contributed by atoms with Crippen molar-refractivity contribution in [1.82, 2.24) is 15.2 Å². The van der Waals surface area contributed by atoms with Crippen LogP contribution in [-0.4, -0.2) is 15.7 Å². The van der Waals surface area contributed by atoms with Crippen LogP contribution < -0.4 is 16.0 Å². The van der Waals surface area contributed by atoms with Gasteiger partial charge >= 0.3 is 0 Å². The van der Waals surface area contributed by atoms with Crippen LogP contribution in [0.15, 0.2) is 108 Å². The summed E-state index contributed by atoms with van der Waals surface area (Å²) < 4.78 is 1.18. The van der Waals surface area contributed by atoms with Crippen LogP contribution in [0.25, 0.3) is 11.3 Å². The largest absolute Gasteiger partial charge is 0.281 e. The number of rotatable bonds is 7. The van der Waals surface area contributed by atoms with Gasteiger partial charge in [0, 0.05) is 11.6 Å². The van der Waals surface area contributed by atoms with Gasteiger partial charge in [-0.05, 0) is 23.8 Å². The number of anilines is 1. The summed E-state index contributed by atoms with van der Waals surface area (Å²) in [5.74, 6) is -0.334. The molecule has 154 valence electrons. The molecule has 1 aromatic heterocycles. The standard InChI is InChI=1S/C25H22N4O2/c30-24(19-29-25(31)17-16-23(26-29)21-12-6-2-7-13-21)27-28(22-14-8-3-9-15-22)18-20-10-4-1-5-11-20/h1-17H,18-19H2,(H,27,30). The molecule has 0 aliphatic heterocycles. The zero-order valence-corrected chi connectivity index (χ0v) is 16.9. The van der Waals surface area contributed by atoms with Gasteiger partial charge in [0.2, 0.25) is 0 Å². The SMILES string of the molecule is O=C(Cn1nc(-c2ccccc2)ccc1=O)NN(Cc1ccccc1)c1ccccc1. The van der Waals surface area contributed by atoms with Gasteiger partial charge in [-0.2, -0.15) is 5.10 Å². The lowest BCUT2D eigenvalue weighted by atomic mass is 10.1. The van der Waals surface area contributed by atoms with Gasteiger partial charge in [0.25, 0.3) is 11.5 Å². The zero-order valence-electron chi connectivity index (χ0n) is 16.9.